The largest absolute Gasteiger partial charge is 0.433 e. The Labute approximate surface area is 210 Å². The van der Waals surface area contributed by atoms with Crippen LogP contribution in [-0.4, -0.2) is 57.6 Å². The fourth-order valence-electron chi connectivity index (χ4n) is 5.12. The van der Waals surface area contributed by atoms with E-state index in [0.717, 1.165) is 42.4 Å². The number of pyridine rings is 1. The highest BCUT2D eigenvalue weighted by Crippen LogP contribution is 2.40. The molecule has 1 saturated heterocycles. The van der Waals surface area contributed by atoms with Crippen LogP contribution in [0.1, 0.15) is 41.8 Å². The fourth-order valence-corrected chi connectivity index (χ4v) is 5.91. The van der Waals surface area contributed by atoms with E-state index < -0.39 is 17.5 Å². The molecule has 0 spiro atoms. The summed E-state index contributed by atoms with van der Waals surface area (Å²) < 4.78 is 39.9. The van der Waals surface area contributed by atoms with Crippen molar-refractivity contribution in [2.45, 2.75) is 56.5 Å². The zero-order valence-corrected chi connectivity index (χ0v) is 20.6. The van der Waals surface area contributed by atoms with Crippen molar-refractivity contribution in [1.29, 1.82) is 0 Å². The van der Waals surface area contributed by atoms with Gasteiger partial charge in [0.15, 0.2) is 0 Å². The summed E-state index contributed by atoms with van der Waals surface area (Å²) in [5, 5.41) is 17.3. The molecule has 3 N–H and O–H groups in total. The predicted octanol–water partition coefficient (Wildman–Crippen LogP) is 4.06. The highest BCUT2D eigenvalue weighted by Gasteiger charge is 2.41. The number of carbonyl (C=O) groups is 1. The maximum Gasteiger partial charge on any atom is 0.433 e. The minimum atomic E-state index is -4.58. The number of benzene rings is 1. The number of amides is 1. The van der Waals surface area contributed by atoms with Gasteiger partial charge >= 0.3 is 6.18 Å². The Kier molecular flexibility index (Phi) is 6.65. The first-order valence-corrected chi connectivity index (χ1v) is 12.9. The summed E-state index contributed by atoms with van der Waals surface area (Å²) in [6.07, 6.45) is 0.309. The molecular formula is C25H28F3N5O2S. The number of nitrogens with zero attached hydrogens (tertiary/aromatic N) is 3. The molecule has 1 amide bonds. The number of aromatic nitrogens is 2. The van der Waals surface area contributed by atoms with Crippen LogP contribution in [-0.2, 0) is 16.6 Å². The third kappa shape index (κ3) is 5.18. The molecule has 0 unspecified atom stereocenters. The van der Waals surface area contributed by atoms with Crippen LogP contribution >= 0.6 is 11.3 Å². The molecule has 1 aliphatic carbocycles. The van der Waals surface area contributed by atoms with Gasteiger partial charge in [0, 0.05) is 36.4 Å². The number of hydrogen-bond donors (Lipinski definition) is 3. The first-order valence-electron chi connectivity index (χ1n) is 12.0. The van der Waals surface area contributed by atoms with Gasteiger partial charge in [0.2, 0.25) is 5.91 Å². The number of anilines is 1. The van der Waals surface area contributed by atoms with E-state index in [-0.39, 0.29) is 29.7 Å². The molecule has 0 atom stereocenters. The number of fused-ring (bicyclic) bond motifs is 1. The number of rotatable bonds is 6. The van der Waals surface area contributed by atoms with E-state index >= 15 is 0 Å². The van der Waals surface area contributed by atoms with E-state index in [1.807, 2.05) is 6.92 Å². The lowest BCUT2D eigenvalue weighted by Gasteiger charge is -2.48. The zero-order valence-electron chi connectivity index (χ0n) is 19.8. The Hall–Kier alpha value is -2.76. The van der Waals surface area contributed by atoms with E-state index in [9.17, 15) is 23.1 Å². The van der Waals surface area contributed by atoms with E-state index in [0.29, 0.717) is 24.3 Å². The number of aryl methyl sites for hydroxylation is 1. The first kappa shape index (κ1) is 24.9. The Balaban J connectivity index is 1.13. The zero-order chi connectivity index (χ0) is 25.5. The maximum atomic E-state index is 13.3. The number of likely N-dealkylation sites (tertiary alicyclic amines) is 1. The summed E-state index contributed by atoms with van der Waals surface area (Å²) in [5.41, 5.74) is 1.30. The summed E-state index contributed by atoms with van der Waals surface area (Å²) in [5.74, 6) is -0.269. The van der Waals surface area contributed by atoms with Gasteiger partial charge in [-0.2, -0.15) is 13.2 Å². The molecule has 2 fully saturated rings. The van der Waals surface area contributed by atoms with Gasteiger partial charge in [0.1, 0.15) is 11.3 Å². The third-order valence-electron chi connectivity index (χ3n) is 7.16. The third-order valence-corrected chi connectivity index (χ3v) is 8.13. The van der Waals surface area contributed by atoms with Gasteiger partial charge < -0.3 is 15.7 Å². The summed E-state index contributed by atoms with van der Waals surface area (Å²) in [6, 6.07) is 6.35. The summed E-state index contributed by atoms with van der Waals surface area (Å²) in [6.45, 7) is 3.17. The Bertz CT molecular complexity index is 1240. The Morgan fingerprint density at radius 1 is 1.25 bits per heavy atom. The number of halogens is 3. The van der Waals surface area contributed by atoms with E-state index in [1.54, 1.807) is 29.9 Å². The van der Waals surface area contributed by atoms with E-state index in [2.05, 4.69) is 25.5 Å². The highest BCUT2D eigenvalue weighted by molar-refractivity contribution is 7.09. The molecule has 1 saturated carbocycles. The van der Waals surface area contributed by atoms with Crippen molar-refractivity contribution in [3.8, 4) is 0 Å². The predicted molar refractivity (Wildman–Crippen MR) is 132 cm³/mol. The average molecular weight is 520 g/mol. The molecule has 3 aromatic rings. The quantitative estimate of drug-likeness (QED) is 0.455. The van der Waals surface area contributed by atoms with E-state index in [4.69, 9.17) is 0 Å². The lowest BCUT2D eigenvalue weighted by Crippen LogP contribution is -2.63. The number of hydrogen-bond acceptors (Lipinski definition) is 7. The van der Waals surface area contributed by atoms with Gasteiger partial charge in [-0.1, -0.05) is 11.6 Å². The molecule has 2 aromatic heterocycles. The van der Waals surface area contributed by atoms with Crippen molar-refractivity contribution in [2.75, 3.05) is 25.0 Å². The van der Waals surface area contributed by atoms with Crippen LogP contribution in [0.5, 0.6) is 0 Å². The molecule has 192 valence electrons. The summed E-state index contributed by atoms with van der Waals surface area (Å²) >= 11 is 1.48. The number of carbonyl (C=O) groups excluding carboxylic acids is 1. The van der Waals surface area contributed by atoms with Crippen LogP contribution in [0.3, 0.4) is 0 Å². The lowest BCUT2D eigenvalue weighted by atomic mass is 9.80. The van der Waals surface area contributed by atoms with Crippen LogP contribution < -0.4 is 10.6 Å². The maximum absolute atomic E-state index is 13.3. The molecule has 3 heterocycles. The smallest absolute Gasteiger partial charge is 0.384 e. The minimum Gasteiger partial charge on any atom is -0.384 e. The molecular weight excluding hydrogens is 491 g/mol. The monoisotopic (exact) mass is 519 g/mol. The van der Waals surface area contributed by atoms with Gasteiger partial charge in [0.25, 0.3) is 0 Å². The van der Waals surface area contributed by atoms with Crippen LogP contribution in [0.25, 0.3) is 10.9 Å². The van der Waals surface area contributed by atoms with Crippen LogP contribution in [0.15, 0.2) is 36.0 Å². The van der Waals surface area contributed by atoms with E-state index in [1.165, 1.54) is 11.3 Å². The molecule has 5 rings (SSSR count). The first-order chi connectivity index (χ1) is 17.1. The standard InChI is InChI=1S/C25H28F3N5O2S/c1-15-2-3-19-18(8-15)20(9-21(32-19)25(26,27)28)30-11-23(34)31-16-12-33(13-16)17-4-6-24(35,7-5-17)22-10-29-14-36-22/h2-3,8-10,14,16-17,35H,4-7,11-13H2,1H3,(H,30,32)(H,31,34). The van der Waals surface area contributed by atoms with Crippen molar-refractivity contribution in [3.05, 3.63) is 52.1 Å². The minimum absolute atomic E-state index is 0.00349. The second kappa shape index (κ2) is 9.60. The van der Waals surface area contributed by atoms with Crippen molar-refractivity contribution in [2.24, 2.45) is 0 Å². The Morgan fingerprint density at radius 2 is 2.00 bits per heavy atom. The van der Waals surface area contributed by atoms with Crippen molar-refractivity contribution in [3.63, 3.8) is 0 Å². The number of thiazole rings is 1. The highest BCUT2D eigenvalue weighted by atomic mass is 32.1. The molecule has 0 bridgehead atoms. The molecule has 11 heteroatoms. The van der Waals surface area contributed by atoms with Gasteiger partial charge in [-0.3, -0.25) is 14.7 Å². The summed E-state index contributed by atoms with van der Waals surface area (Å²) in [7, 11) is 0. The molecule has 0 radical (unpaired) electrons. The van der Waals surface area contributed by atoms with Gasteiger partial charge in [-0.15, -0.1) is 11.3 Å². The van der Waals surface area contributed by atoms with Crippen molar-refractivity contribution >= 4 is 33.8 Å². The lowest BCUT2D eigenvalue weighted by molar-refractivity contribution is -0.140. The Morgan fingerprint density at radius 3 is 2.67 bits per heavy atom. The second-order valence-electron chi connectivity index (χ2n) is 9.77. The molecule has 1 aliphatic heterocycles. The number of nitrogens with one attached hydrogen (secondary N) is 2. The average Bonchev–Trinajstić information content (AvgIpc) is 3.36. The number of alkyl halides is 3. The molecule has 1 aromatic carbocycles. The van der Waals surface area contributed by atoms with Crippen LogP contribution in [0.2, 0.25) is 0 Å². The number of aliphatic hydroxyl groups is 1. The topological polar surface area (TPSA) is 90.4 Å². The van der Waals surface area contributed by atoms with Crippen molar-refractivity contribution < 1.29 is 23.1 Å². The van der Waals surface area contributed by atoms with Gasteiger partial charge in [0.05, 0.1) is 28.5 Å². The normalized spacial score (nSPS) is 23.4. The molecule has 2 aliphatic rings. The van der Waals surface area contributed by atoms with Crippen LogP contribution in [0.4, 0.5) is 18.9 Å². The van der Waals surface area contributed by atoms with Crippen molar-refractivity contribution in [1.82, 2.24) is 20.2 Å². The summed E-state index contributed by atoms with van der Waals surface area (Å²) in [4.78, 5) is 23.6. The van der Waals surface area contributed by atoms with Gasteiger partial charge in [-0.05, 0) is 50.8 Å². The van der Waals surface area contributed by atoms with Crippen LogP contribution in [0, 0.1) is 6.92 Å². The molecule has 7 nitrogen and oxygen atoms in total. The SMILES string of the molecule is Cc1ccc2nc(C(F)(F)F)cc(NCC(=O)NC3CN(C4CCC(O)(c5cncs5)CC4)C3)c2c1. The fraction of sp³-hybridized carbons (Fsp3) is 0.480. The second-order valence-corrected chi connectivity index (χ2v) is 10.7. The molecule has 36 heavy (non-hydrogen) atoms. The van der Waals surface area contributed by atoms with Gasteiger partial charge in [-0.25, -0.2) is 4.98 Å².